The van der Waals surface area contributed by atoms with Crippen LogP contribution in [0.3, 0.4) is 0 Å². The quantitative estimate of drug-likeness (QED) is 0.541. The Morgan fingerprint density at radius 3 is 2.80 bits per heavy atom. The third kappa shape index (κ3) is 2.10. The molecule has 2 saturated heterocycles. The molecule has 5 N–H and O–H groups in total. The second kappa shape index (κ2) is 4.52. The van der Waals surface area contributed by atoms with Crippen molar-refractivity contribution in [3.63, 3.8) is 0 Å². The number of aromatic nitrogens is 2. The van der Waals surface area contributed by atoms with Crippen molar-refractivity contribution in [3.05, 3.63) is 22.1 Å². The standard InChI is InChI=1S/C12H18N4O4/c1-12(2)19-8-6(4-17)15-7(9(8)20-12)5-3-14-11(13)16-10(5)18/h3,6-9,15,17H,4H2,1-2H3,(H3,13,14,16,18). The van der Waals surface area contributed by atoms with E-state index in [1.165, 1.54) is 6.20 Å². The predicted octanol–water partition coefficient (Wildman–Crippen LogP) is -1.12. The summed E-state index contributed by atoms with van der Waals surface area (Å²) in [5, 5.41) is 12.6. The third-order valence-electron chi connectivity index (χ3n) is 3.66. The second-order valence-electron chi connectivity index (χ2n) is 5.55. The van der Waals surface area contributed by atoms with Crippen LogP contribution in [0, 0.1) is 0 Å². The van der Waals surface area contributed by atoms with Gasteiger partial charge in [-0.25, -0.2) is 4.98 Å². The summed E-state index contributed by atoms with van der Waals surface area (Å²) in [6.45, 7) is 3.52. The van der Waals surface area contributed by atoms with Gasteiger partial charge in [-0.1, -0.05) is 0 Å². The highest BCUT2D eigenvalue weighted by atomic mass is 16.8. The Balaban J connectivity index is 1.96. The van der Waals surface area contributed by atoms with Crippen LogP contribution in [0.25, 0.3) is 0 Å². The summed E-state index contributed by atoms with van der Waals surface area (Å²) in [6.07, 6.45) is 0.766. The summed E-state index contributed by atoms with van der Waals surface area (Å²) in [6, 6.07) is -0.681. The Hall–Kier alpha value is -1.48. The lowest BCUT2D eigenvalue weighted by Gasteiger charge is -2.23. The predicted molar refractivity (Wildman–Crippen MR) is 69.8 cm³/mol. The number of hydrogen-bond acceptors (Lipinski definition) is 7. The van der Waals surface area contributed by atoms with Crippen molar-refractivity contribution >= 4 is 5.95 Å². The number of aliphatic hydroxyl groups excluding tert-OH is 1. The average Bonchev–Trinajstić information content (AvgIpc) is 2.83. The number of aromatic amines is 1. The molecule has 2 fully saturated rings. The number of nitrogens with one attached hydrogen (secondary N) is 2. The molecule has 1 aromatic heterocycles. The van der Waals surface area contributed by atoms with Gasteiger partial charge in [0.05, 0.1) is 24.3 Å². The normalized spacial score (nSPS) is 35.1. The van der Waals surface area contributed by atoms with Crippen LogP contribution in [0.5, 0.6) is 0 Å². The van der Waals surface area contributed by atoms with E-state index >= 15 is 0 Å². The zero-order chi connectivity index (χ0) is 14.5. The van der Waals surface area contributed by atoms with E-state index in [9.17, 15) is 9.90 Å². The molecule has 0 radical (unpaired) electrons. The Morgan fingerprint density at radius 2 is 2.15 bits per heavy atom. The number of aliphatic hydroxyl groups is 1. The molecule has 4 unspecified atom stereocenters. The number of hydrogen-bond donors (Lipinski definition) is 4. The molecule has 0 spiro atoms. The monoisotopic (exact) mass is 282 g/mol. The molecule has 8 nitrogen and oxygen atoms in total. The number of nitrogens with two attached hydrogens (primary N) is 1. The second-order valence-corrected chi connectivity index (χ2v) is 5.55. The summed E-state index contributed by atoms with van der Waals surface area (Å²) in [7, 11) is 0. The molecule has 0 saturated carbocycles. The molecule has 1 aromatic rings. The van der Waals surface area contributed by atoms with E-state index in [0.29, 0.717) is 5.56 Å². The van der Waals surface area contributed by atoms with Gasteiger partial charge in [0, 0.05) is 6.20 Å². The van der Waals surface area contributed by atoms with Crippen LogP contribution in [0.4, 0.5) is 5.95 Å². The molecular weight excluding hydrogens is 264 g/mol. The lowest BCUT2D eigenvalue weighted by Crippen LogP contribution is -2.39. The first-order valence-corrected chi connectivity index (χ1v) is 6.48. The number of rotatable bonds is 2. The molecule has 0 amide bonds. The first kappa shape index (κ1) is 13.5. The zero-order valence-corrected chi connectivity index (χ0v) is 11.3. The third-order valence-corrected chi connectivity index (χ3v) is 3.66. The molecule has 0 aromatic carbocycles. The van der Waals surface area contributed by atoms with Gasteiger partial charge in [-0.05, 0) is 13.8 Å². The SMILES string of the molecule is CC1(C)OC2C(CO)NC(c3cnc(N)[nH]c3=O)C2O1. The van der Waals surface area contributed by atoms with Crippen molar-refractivity contribution in [3.8, 4) is 0 Å². The van der Waals surface area contributed by atoms with E-state index in [1.54, 1.807) is 0 Å². The fraction of sp³-hybridized carbons (Fsp3) is 0.667. The fourth-order valence-corrected chi connectivity index (χ4v) is 2.87. The summed E-state index contributed by atoms with van der Waals surface area (Å²) >= 11 is 0. The van der Waals surface area contributed by atoms with Gasteiger partial charge in [0.1, 0.15) is 12.2 Å². The van der Waals surface area contributed by atoms with Crippen molar-refractivity contribution in [1.82, 2.24) is 15.3 Å². The van der Waals surface area contributed by atoms with Crippen LogP contribution < -0.4 is 16.6 Å². The van der Waals surface area contributed by atoms with Gasteiger partial charge in [-0.2, -0.15) is 0 Å². The van der Waals surface area contributed by atoms with E-state index in [0.717, 1.165) is 0 Å². The van der Waals surface area contributed by atoms with E-state index in [1.807, 2.05) is 13.8 Å². The lowest BCUT2D eigenvalue weighted by atomic mass is 10.0. The average molecular weight is 282 g/mol. The topological polar surface area (TPSA) is 122 Å². The van der Waals surface area contributed by atoms with Crippen LogP contribution in [-0.2, 0) is 9.47 Å². The maximum atomic E-state index is 12.0. The number of ether oxygens (including phenoxy) is 2. The Morgan fingerprint density at radius 1 is 1.45 bits per heavy atom. The van der Waals surface area contributed by atoms with Crippen LogP contribution >= 0.6 is 0 Å². The van der Waals surface area contributed by atoms with Crippen LogP contribution in [0.2, 0.25) is 0 Å². The van der Waals surface area contributed by atoms with E-state index in [-0.39, 0.29) is 36.4 Å². The van der Waals surface area contributed by atoms with Crippen molar-refractivity contribution in [2.24, 2.45) is 0 Å². The first-order chi connectivity index (χ1) is 9.41. The van der Waals surface area contributed by atoms with Crippen LogP contribution in [0.15, 0.2) is 11.0 Å². The maximum absolute atomic E-state index is 12.0. The van der Waals surface area contributed by atoms with Crippen LogP contribution in [0.1, 0.15) is 25.5 Å². The van der Waals surface area contributed by atoms with E-state index in [4.69, 9.17) is 15.2 Å². The summed E-state index contributed by atoms with van der Waals surface area (Å²) in [5.41, 5.74) is 5.55. The first-order valence-electron chi connectivity index (χ1n) is 6.48. The zero-order valence-electron chi connectivity index (χ0n) is 11.3. The molecular formula is C12H18N4O4. The number of H-pyrrole nitrogens is 1. The molecule has 2 aliphatic rings. The summed E-state index contributed by atoms with van der Waals surface area (Å²) < 4.78 is 11.6. The minimum Gasteiger partial charge on any atom is -0.395 e. The van der Waals surface area contributed by atoms with Gasteiger partial charge >= 0.3 is 0 Å². The largest absolute Gasteiger partial charge is 0.395 e. The van der Waals surface area contributed by atoms with Crippen molar-refractivity contribution in [2.45, 2.75) is 43.9 Å². The van der Waals surface area contributed by atoms with Gasteiger partial charge in [0.15, 0.2) is 11.7 Å². The Kier molecular flexibility index (Phi) is 3.05. The van der Waals surface area contributed by atoms with Crippen LogP contribution in [-0.4, -0.2) is 45.7 Å². The van der Waals surface area contributed by atoms with Gasteiger partial charge in [-0.3, -0.25) is 15.1 Å². The molecule has 4 atom stereocenters. The smallest absolute Gasteiger partial charge is 0.257 e. The fourth-order valence-electron chi connectivity index (χ4n) is 2.87. The molecule has 0 bridgehead atoms. The number of anilines is 1. The molecule has 2 aliphatic heterocycles. The number of fused-ring (bicyclic) bond motifs is 1. The summed E-state index contributed by atoms with van der Waals surface area (Å²) in [5.74, 6) is -0.673. The minimum absolute atomic E-state index is 0.0657. The molecule has 0 aliphatic carbocycles. The van der Waals surface area contributed by atoms with E-state index in [2.05, 4.69) is 15.3 Å². The van der Waals surface area contributed by atoms with Crippen molar-refractivity contribution in [2.75, 3.05) is 12.3 Å². The van der Waals surface area contributed by atoms with Crippen molar-refractivity contribution in [1.29, 1.82) is 0 Å². The number of nitrogens with zero attached hydrogens (tertiary/aromatic N) is 1. The minimum atomic E-state index is -0.739. The van der Waals surface area contributed by atoms with Gasteiger partial charge in [-0.15, -0.1) is 0 Å². The highest BCUT2D eigenvalue weighted by Gasteiger charge is 2.54. The van der Waals surface area contributed by atoms with Gasteiger partial charge in [0.2, 0.25) is 0 Å². The van der Waals surface area contributed by atoms with Gasteiger partial charge in [0.25, 0.3) is 5.56 Å². The molecule has 110 valence electrons. The highest BCUT2D eigenvalue weighted by Crippen LogP contribution is 2.40. The summed E-state index contributed by atoms with van der Waals surface area (Å²) in [4.78, 5) is 18.4. The van der Waals surface area contributed by atoms with E-state index < -0.39 is 11.8 Å². The Bertz CT molecular complexity index is 573. The van der Waals surface area contributed by atoms with Gasteiger partial charge < -0.3 is 20.3 Å². The molecule has 8 heteroatoms. The molecule has 3 heterocycles. The Labute approximate surface area is 115 Å². The maximum Gasteiger partial charge on any atom is 0.257 e. The number of nitrogen functional groups attached to an aromatic ring is 1. The highest BCUT2D eigenvalue weighted by molar-refractivity contribution is 5.24. The molecule has 3 rings (SSSR count). The lowest BCUT2D eigenvalue weighted by molar-refractivity contribution is -0.157. The molecule has 20 heavy (non-hydrogen) atoms. The van der Waals surface area contributed by atoms with Crippen molar-refractivity contribution < 1.29 is 14.6 Å².